The molecule has 0 aliphatic heterocycles. The van der Waals surface area contributed by atoms with Crippen LogP contribution in [0.4, 0.5) is 0 Å². The molecule has 150 valence electrons. The van der Waals surface area contributed by atoms with Crippen molar-refractivity contribution < 1.29 is 9.15 Å². The van der Waals surface area contributed by atoms with E-state index in [2.05, 4.69) is 21.4 Å². The van der Waals surface area contributed by atoms with Crippen LogP contribution in [0.1, 0.15) is 44.1 Å². The van der Waals surface area contributed by atoms with Crippen LogP contribution in [0.2, 0.25) is 0 Å². The van der Waals surface area contributed by atoms with Crippen molar-refractivity contribution in [2.24, 2.45) is 5.92 Å². The number of fused-ring (bicyclic) bond motifs is 2. The van der Waals surface area contributed by atoms with Crippen molar-refractivity contribution in [3.63, 3.8) is 0 Å². The lowest BCUT2D eigenvalue weighted by atomic mass is 9.87. The second-order valence-electron chi connectivity index (χ2n) is 7.80. The molecule has 0 bridgehead atoms. The van der Waals surface area contributed by atoms with Crippen molar-refractivity contribution >= 4 is 32.7 Å². The van der Waals surface area contributed by atoms with Crippen LogP contribution in [0, 0.1) is 5.92 Å². The minimum Gasteiger partial charge on any atom is -0.464 e. The molecule has 1 N–H and O–H groups in total. The van der Waals surface area contributed by atoms with Gasteiger partial charge in [-0.05, 0) is 43.1 Å². The Morgan fingerprint density at radius 2 is 2.10 bits per heavy atom. The quantitative estimate of drug-likeness (QED) is 0.365. The SMILES string of the molecule is c1cnc2nc(Oc3ccc4c(CNCCC5CCCCC5)coc4c3)sc2c1. The predicted octanol–water partition coefficient (Wildman–Crippen LogP) is 6.29. The Hall–Kier alpha value is -2.44. The second-order valence-corrected chi connectivity index (χ2v) is 8.79. The number of thiazole rings is 1. The first-order valence-electron chi connectivity index (χ1n) is 10.5. The Morgan fingerprint density at radius 3 is 3.00 bits per heavy atom. The van der Waals surface area contributed by atoms with E-state index in [0.29, 0.717) is 10.8 Å². The summed E-state index contributed by atoms with van der Waals surface area (Å²) in [6, 6.07) is 9.88. The maximum absolute atomic E-state index is 5.94. The molecular weight excluding hydrogens is 382 g/mol. The minimum absolute atomic E-state index is 0.592. The van der Waals surface area contributed by atoms with E-state index in [9.17, 15) is 0 Å². The average molecular weight is 408 g/mol. The third-order valence-electron chi connectivity index (χ3n) is 5.75. The molecule has 0 atom stereocenters. The monoisotopic (exact) mass is 407 g/mol. The molecule has 4 aromatic rings. The first-order valence-corrected chi connectivity index (χ1v) is 11.3. The largest absolute Gasteiger partial charge is 0.464 e. The summed E-state index contributed by atoms with van der Waals surface area (Å²) < 4.78 is 12.7. The van der Waals surface area contributed by atoms with Crippen LogP contribution in [0.5, 0.6) is 10.9 Å². The number of furan rings is 1. The number of benzene rings is 1. The van der Waals surface area contributed by atoms with Crippen molar-refractivity contribution in [3.05, 3.63) is 48.4 Å². The standard InChI is InChI=1S/C23H25N3O2S/c1-2-5-16(6-3-1)10-12-24-14-17-15-27-20-13-18(8-9-19(17)20)28-23-26-22-21(29-23)7-4-11-25-22/h4,7-9,11,13,15-16,24H,1-3,5-6,10,12,14H2. The topological polar surface area (TPSA) is 60.2 Å². The van der Waals surface area contributed by atoms with Gasteiger partial charge in [0.25, 0.3) is 5.19 Å². The molecule has 0 saturated heterocycles. The van der Waals surface area contributed by atoms with Crippen molar-refractivity contribution in [3.8, 4) is 10.9 Å². The lowest BCUT2D eigenvalue weighted by Gasteiger charge is -2.21. The Labute approximate surface area is 174 Å². The summed E-state index contributed by atoms with van der Waals surface area (Å²) >= 11 is 1.49. The average Bonchev–Trinajstić information content (AvgIpc) is 3.35. The van der Waals surface area contributed by atoms with Crippen LogP contribution < -0.4 is 10.1 Å². The molecule has 6 heteroatoms. The van der Waals surface area contributed by atoms with E-state index >= 15 is 0 Å². The summed E-state index contributed by atoms with van der Waals surface area (Å²) in [6.45, 7) is 1.91. The van der Waals surface area contributed by atoms with Crippen LogP contribution >= 0.6 is 11.3 Å². The van der Waals surface area contributed by atoms with Gasteiger partial charge in [0.1, 0.15) is 11.3 Å². The Balaban J connectivity index is 1.21. The normalized spacial score (nSPS) is 15.3. The second kappa shape index (κ2) is 8.51. The molecule has 3 heterocycles. The molecule has 5 nitrogen and oxygen atoms in total. The molecule has 0 unspecified atom stereocenters. The first kappa shape index (κ1) is 18.6. The number of ether oxygens (including phenoxy) is 1. The van der Waals surface area contributed by atoms with Crippen LogP contribution in [0.15, 0.2) is 47.2 Å². The van der Waals surface area contributed by atoms with Crippen molar-refractivity contribution in [2.45, 2.75) is 45.1 Å². The van der Waals surface area contributed by atoms with Crippen LogP contribution in [-0.2, 0) is 6.54 Å². The van der Waals surface area contributed by atoms with E-state index in [0.717, 1.165) is 40.4 Å². The minimum atomic E-state index is 0.592. The molecule has 1 aliphatic carbocycles. The van der Waals surface area contributed by atoms with Crippen LogP contribution in [0.25, 0.3) is 21.3 Å². The highest BCUT2D eigenvalue weighted by atomic mass is 32.1. The number of hydrogen-bond acceptors (Lipinski definition) is 6. The Morgan fingerprint density at radius 1 is 1.17 bits per heavy atom. The van der Waals surface area contributed by atoms with E-state index in [-0.39, 0.29) is 0 Å². The number of nitrogens with one attached hydrogen (secondary N) is 1. The molecule has 0 radical (unpaired) electrons. The van der Waals surface area contributed by atoms with Gasteiger partial charge in [0.05, 0.1) is 11.0 Å². The maximum atomic E-state index is 5.94. The van der Waals surface area contributed by atoms with E-state index in [1.54, 1.807) is 6.20 Å². The Kier molecular flexibility index (Phi) is 5.45. The van der Waals surface area contributed by atoms with Gasteiger partial charge in [0.15, 0.2) is 5.65 Å². The van der Waals surface area contributed by atoms with Gasteiger partial charge in [-0.1, -0.05) is 43.4 Å². The zero-order chi connectivity index (χ0) is 19.5. The number of pyridine rings is 1. The summed E-state index contributed by atoms with van der Waals surface area (Å²) in [5, 5.41) is 5.31. The Bertz CT molecular complexity index is 1060. The summed E-state index contributed by atoms with van der Waals surface area (Å²) in [7, 11) is 0. The number of rotatable bonds is 7. The van der Waals surface area contributed by atoms with Gasteiger partial charge in [-0.25, -0.2) is 4.98 Å². The zero-order valence-electron chi connectivity index (χ0n) is 16.4. The highest BCUT2D eigenvalue weighted by Crippen LogP contribution is 2.32. The van der Waals surface area contributed by atoms with Crippen LogP contribution in [-0.4, -0.2) is 16.5 Å². The summed E-state index contributed by atoms with van der Waals surface area (Å²) in [5.74, 6) is 1.64. The summed E-state index contributed by atoms with van der Waals surface area (Å²) in [5.41, 5.74) is 2.75. The summed E-state index contributed by atoms with van der Waals surface area (Å²) in [4.78, 5) is 8.68. The highest BCUT2D eigenvalue weighted by molar-refractivity contribution is 7.20. The van der Waals surface area contributed by atoms with E-state index in [1.807, 2.05) is 30.5 Å². The lowest BCUT2D eigenvalue weighted by Crippen LogP contribution is -2.18. The molecule has 1 aliphatic rings. The van der Waals surface area contributed by atoms with Crippen molar-refractivity contribution in [1.82, 2.24) is 15.3 Å². The molecule has 1 saturated carbocycles. The predicted molar refractivity (Wildman–Crippen MR) is 117 cm³/mol. The van der Waals surface area contributed by atoms with Crippen molar-refractivity contribution in [1.29, 1.82) is 0 Å². The maximum Gasteiger partial charge on any atom is 0.281 e. The fourth-order valence-corrected chi connectivity index (χ4v) is 4.96. The molecule has 29 heavy (non-hydrogen) atoms. The van der Waals surface area contributed by atoms with Gasteiger partial charge in [-0.3, -0.25) is 0 Å². The third kappa shape index (κ3) is 4.28. The summed E-state index contributed by atoms with van der Waals surface area (Å²) in [6.07, 6.45) is 11.9. The van der Waals surface area contributed by atoms with Crippen molar-refractivity contribution in [2.75, 3.05) is 6.54 Å². The van der Waals surface area contributed by atoms with Gasteiger partial charge in [0, 0.05) is 29.8 Å². The number of hydrogen-bond donors (Lipinski definition) is 1. The van der Waals surface area contributed by atoms with Gasteiger partial charge in [0.2, 0.25) is 0 Å². The molecule has 1 aromatic carbocycles. The zero-order valence-corrected chi connectivity index (χ0v) is 17.2. The fourth-order valence-electron chi connectivity index (χ4n) is 4.16. The van der Waals surface area contributed by atoms with Gasteiger partial charge in [-0.2, -0.15) is 4.98 Å². The number of nitrogens with zero attached hydrogens (tertiary/aromatic N) is 2. The van der Waals surface area contributed by atoms with E-state index in [4.69, 9.17) is 9.15 Å². The molecular formula is C23H25N3O2S. The fraction of sp³-hybridized carbons (Fsp3) is 0.391. The molecule has 3 aromatic heterocycles. The smallest absolute Gasteiger partial charge is 0.281 e. The number of aromatic nitrogens is 2. The van der Waals surface area contributed by atoms with Gasteiger partial charge >= 0.3 is 0 Å². The third-order valence-corrected chi connectivity index (χ3v) is 6.64. The van der Waals surface area contributed by atoms with E-state index in [1.165, 1.54) is 55.4 Å². The lowest BCUT2D eigenvalue weighted by molar-refractivity contribution is 0.334. The molecule has 0 amide bonds. The van der Waals surface area contributed by atoms with E-state index < -0.39 is 0 Å². The molecule has 5 rings (SSSR count). The van der Waals surface area contributed by atoms with Crippen LogP contribution in [0.3, 0.4) is 0 Å². The van der Waals surface area contributed by atoms with Gasteiger partial charge < -0.3 is 14.5 Å². The first-order chi connectivity index (χ1) is 14.3. The molecule has 0 spiro atoms. The highest BCUT2D eigenvalue weighted by Gasteiger charge is 2.13. The van der Waals surface area contributed by atoms with Gasteiger partial charge in [-0.15, -0.1) is 0 Å². The molecule has 1 fully saturated rings.